The summed E-state index contributed by atoms with van der Waals surface area (Å²) in [4.78, 5) is 10.5. The first-order valence-corrected chi connectivity index (χ1v) is 4.82. The minimum absolute atomic E-state index is 0.388. The first kappa shape index (κ1) is 14.0. The first-order valence-electron chi connectivity index (χ1n) is 4.82. The maximum Gasteiger partial charge on any atom is 0.490 e. The van der Waals surface area contributed by atoms with Gasteiger partial charge in [0.15, 0.2) is 0 Å². The molecule has 0 N–H and O–H groups in total. The molecule has 0 aromatic rings. The number of esters is 1. The summed E-state index contributed by atoms with van der Waals surface area (Å²) in [6, 6.07) is 0. The first-order chi connectivity index (χ1) is 6.91. The van der Waals surface area contributed by atoms with Crippen LogP contribution in [0.3, 0.4) is 0 Å². The number of alkyl halides is 3. The molecule has 2 nitrogen and oxygen atoms in total. The summed E-state index contributed by atoms with van der Waals surface area (Å²) in [6.07, 6.45) is -1.58. The molecule has 15 heavy (non-hydrogen) atoms. The highest BCUT2D eigenvalue weighted by Crippen LogP contribution is 2.19. The van der Waals surface area contributed by atoms with E-state index in [0.717, 1.165) is 19.3 Å². The van der Waals surface area contributed by atoms with Crippen LogP contribution in [0.4, 0.5) is 13.2 Å². The zero-order valence-electron chi connectivity index (χ0n) is 8.64. The standard InChI is InChI=1S/C10H15F3O2/c1-3-5-6-7-8(4-2)15-9(14)10(11,12)13/h4,8H,2-3,5-7H2,1H3/t8-/m0/s1. The van der Waals surface area contributed by atoms with Gasteiger partial charge in [0, 0.05) is 0 Å². The second-order valence-corrected chi connectivity index (χ2v) is 3.17. The Kier molecular flexibility index (Phi) is 6.05. The molecule has 1 atom stereocenters. The van der Waals surface area contributed by atoms with Crippen molar-refractivity contribution < 1.29 is 22.7 Å². The van der Waals surface area contributed by atoms with Crippen molar-refractivity contribution in [3.63, 3.8) is 0 Å². The highest BCUT2D eigenvalue weighted by Gasteiger charge is 2.41. The van der Waals surface area contributed by atoms with Crippen LogP contribution in [0.1, 0.15) is 32.6 Å². The zero-order chi connectivity index (χ0) is 11.9. The number of carbonyl (C=O) groups excluding carboxylic acids is 1. The van der Waals surface area contributed by atoms with Crippen molar-refractivity contribution in [2.45, 2.75) is 44.9 Å². The molecule has 0 aliphatic heterocycles. The van der Waals surface area contributed by atoms with Crippen LogP contribution in [0.2, 0.25) is 0 Å². The molecule has 0 radical (unpaired) electrons. The lowest BCUT2D eigenvalue weighted by molar-refractivity contribution is -0.203. The van der Waals surface area contributed by atoms with Crippen LogP contribution in [-0.2, 0) is 9.53 Å². The maximum atomic E-state index is 11.8. The van der Waals surface area contributed by atoms with Gasteiger partial charge in [-0.05, 0) is 12.8 Å². The highest BCUT2D eigenvalue weighted by molar-refractivity contribution is 5.75. The summed E-state index contributed by atoms with van der Waals surface area (Å²) in [6.45, 7) is 5.31. The molecule has 0 aliphatic carbocycles. The molecule has 0 aromatic carbocycles. The van der Waals surface area contributed by atoms with Crippen molar-refractivity contribution in [3.05, 3.63) is 12.7 Å². The van der Waals surface area contributed by atoms with E-state index < -0.39 is 18.2 Å². The fraction of sp³-hybridized carbons (Fsp3) is 0.700. The van der Waals surface area contributed by atoms with Crippen molar-refractivity contribution in [1.29, 1.82) is 0 Å². The molecule has 0 aliphatic rings. The number of halogens is 3. The van der Waals surface area contributed by atoms with Crippen molar-refractivity contribution >= 4 is 5.97 Å². The number of carbonyl (C=O) groups is 1. The highest BCUT2D eigenvalue weighted by atomic mass is 19.4. The predicted molar refractivity (Wildman–Crippen MR) is 50.3 cm³/mol. The van der Waals surface area contributed by atoms with E-state index in [1.54, 1.807) is 0 Å². The van der Waals surface area contributed by atoms with Crippen LogP contribution in [-0.4, -0.2) is 18.2 Å². The summed E-state index contributed by atoms with van der Waals surface area (Å²) < 4.78 is 39.7. The van der Waals surface area contributed by atoms with Gasteiger partial charge < -0.3 is 4.74 Å². The molecular weight excluding hydrogens is 209 g/mol. The van der Waals surface area contributed by atoms with Gasteiger partial charge in [0.25, 0.3) is 0 Å². The zero-order valence-corrected chi connectivity index (χ0v) is 8.64. The lowest BCUT2D eigenvalue weighted by Crippen LogP contribution is -2.29. The average Bonchev–Trinajstić information content (AvgIpc) is 2.14. The van der Waals surface area contributed by atoms with Crippen LogP contribution >= 0.6 is 0 Å². The summed E-state index contributed by atoms with van der Waals surface area (Å²) in [7, 11) is 0. The van der Waals surface area contributed by atoms with E-state index in [4.69, 9.17) is 0 Å². The Labute approximate surface area is 87.1 Å². The molecular formula is C10H15F3O2. The monoisotopic (exact) mass is 224 g/mol. The van der Waals surface area contributed by atoms with E-state index in [1.165, 1.54) is 6.08 Å². The molecule has 0 unspecified atom stereocenters. The van der Waals surface area contributed by atoms with Gasteiger partial charge in [-0.15, -0.1) is 0 Å². The Bertz CT molecular complexity index is 211. The third-order valence-electron chi connectivity index (χ3n) is 1.84. The van der Waals surface area contributed by atoms with E-state index in [-0.39, 0.29) is 0 Å². The Morgan fingerprint density at radius 1 is 1.47 bits per heavy atom. The summed E-state index contributed by atoms with van der Waals surface area (Å²) in [5.41, 5.74) is 0. The minimum atomic E-state index is -4.92. The normalized spacial score (nSPS) is 13.3. The van der Waals surface area contributed by atoms with E-state index in [9.17, 15) is 18.0 Å². The van der Waals surface area contributed by atoms with Crippen LogP contribution in [0.25, 0.3) is 0 Å². The molecule has 0 fully saturated rings. The van der Waals surface area contributed by atoms with Gasteiger partial charge in [-0.1, -0.05) is 32.4 Å². The summed E-state index contributed by atoms with van der Waals surface area (Å²) in [5, 5.41) is 0. The molecule has 0 saturated heterocycles. The molecule has 88 valence electrons. The molecule has 5 heteroatoms. The Morgan fingerprint density at radius 2 is 2.07 bits per heavy atom. The minimum Gasteiger partial charge on any atom is -0.451 e. The van der Waals surface area contributed by atoms with Gasteiger partial charge in [0.1, 0.15) is 6.10 Å². The Hall–Kier alpha value is -1.00. The fourth-order valence-electron chi connectivity index (χ4n) is 1.02. The molecule has 0 amide bonds. The molecule has 0 aromatic heterocycles. The van der Waals surface area contributed by atoms with Gasteiger partial charge in [0.2, 0.25) is 0 Å². The Balaban J connectivity index is 3.99. The van der Waals surface area contributed by atoms with Crippen LogP contribution in [0.5, 0.6) is 0 Å². The van der Waals surface area contributed by atoms with Crippen LogP contribution < -0.4 is 0 Å². The summed E-state index contributed by atoms with van der Waals surface area (Å²) >= 11 is 0. The molecule has 0 heterocycles. The van der Waals surface area contributed by atoms with E-state index in [0.29, 0.717) is 6.42 Å². The number of rotatable bonds is 6. The predicted octanol–water partition coefficient (Wildman–Crippen LogP) is 3.23. The lowest BCUT2D eigenvalue weighted by Gasteiger charge is -2.14. The molecule has 0 spiro atoms. The van der Waals surface area contributed by atoms with Crippen molar-refractivity contribution in [3.8, 4) is 0 Å². The number of unbranched alkanes of at least 4 members (excludes halogenated alkanes) is 2. The second-order valence-electron chi connectivity index (χ2n) is 3.17. The van der Waals surface area contributed by atoms with Gasteiger partial charge in [-0.2, -0.15) is 13.2 Å². The van der Waals surface area contributed by atoms with Gasteiger partial charge in [-0.25, -0.2) is 4.79 Å². The van der Waals surface area contributed by atoms with Gasteiger partial charge in [0.05, 0.1) is 0 Å². The SMILES string of the molecule is C=C[C@@H](CCCCC)OC(=O)C(F)(F)F. The van der Waals surface area contributed by atoms with E-state index in [1.807, 2.05) is 6.92 Å². The third-order valence-corrected chi connectivity index (χ3v) is 1.84. The molecule has 0 bridgehead atoms. The third kappa shape index (κ3) is 6.14. The maximum absolute atomic E-state index is 11.8. The van der Waals surface area contributed by atoms with E-state index in [2.05, 4.69) is 11.3 Å². The van der Waals surface area contributed by atoms with Gasteiger partial charge in [-0.3, -0.25) is 0 Å². The smallest absolute Gasteiger partial charge is 0.451 e. The lowest BCUT2D eigenvalue weighted by atomic mass is 10.1. The van der Waals surface area contributed by atoms with Gasteiger partial charge >= 0.3 is 12.1 Å². The quantitative estimate of drug-likeness (QED) is 0.393. The van der Waals surface area contributed by atoms with Crippen molar-refractivity contribution in [1.82, 2.24) is 0 Å². The number of hydrogen-bond acceptors (Lipinski definition) is 2. The molecule has 0 saturated carbocycles. The Morgan fingerprint density at radius 3 is 2.47 bits per heavy atom. The summed E-state index contributed by atoms with van der Waals surface area (Å²) in [5.74, 6) is -2.15. The van der Waals surface area contributed by atoms with Crippen LogP contribution in [0, 0.1) is 0 Å². The van der Waals surface area contributed by atoms with Crippen molar-refractivity contribution in [2.24, 2.45) is 0 Å². The average molecular weight is 224 g/mol. The van der Waals surface area contributed by atoms with Crippen molar-refractivity contribution in [2.75, 3.05) is 0 Å². The number of ether oxygens (including phenoxy) is 1. The van der Waals surface area contributed by atoms with Crippen LogP contribution in [0.15, 0.2) is 12.7 Å². The second kappa shape index (κ2) is 6.48. The fourth-order valence-corrected chi connectivity index (χ4v) is 1.02. The topological polar surface area (TPSA) is 26.3 Å². The number of hydrogen-bond donors (Lipinski definition) is 0. The van der Waals surface area contributed by atoms with E-state index >= 15 is 0 Å². The molecule has 0 rings (SSSR count). The largest absolute Gasteiger partial charge is 0.490 e.